The Morgan fingerprint density at radius 3 is 2.45 bits per heavy atom. The molecule has 0 N–H and O–H groups in total. The maximum Gasteiger partial charge on any atom is 0.146 e. The van der Waals surface area contributed by atoms with Gasteiger partial charge in [0.15, 0.2) is 0 Å². The molecule has 0 unspecified atom stereocenters. The van der Waals surface area contributed by atoms with Gasteiger partial charge in [-0.1, -0.05) is 11.6 Å². The Morgan fingerprint density at radius 1 is 1.27 bits per heavy atom. The van der Waals surface area contributed by atoms with Crippen molar-refractivity contribution in [3.63, 3.8) is 0 Å². The van der Waals surface area contributed by atoms with Gasteiger partial charge in [-0.3, -0.25) is 0 Å². The van der Waals surface area contributed by atoms with Crippen LogP contribution >= 0.6 is 23.2 Å². The molecule has 11 heavy (non-hydrogen) atoms. The summed E-state index contributed by atoms with van der Waals surface area (Å²) < 4.78 is 25.3. The van der Waals surface area contributed by atoms with Crippen molar-refractivity contribution in [1.29, 1.82) is 0 Å². The van der Waals surface area contributed by atoms with Gasteiger partial charge in [0.2, 0.25) is 0 Å². The summed E-state index contributed by atoms with van der Waals surface area (Å²) >= 11 is 10.6. The first-order valence-electron chi connectivity index (χ1n) is 2.84. The van der Waals surface area contributed by atoms with Gasteiger partial charge in [0.05, 0.1) is 10.9 Å². The maximum atomic E-state index is 12.8. The minimum atomic E-state index is -0.650. The SMILES string of the molecule is Fc1cc(Cl)c(F)c(CCl)c1. The van der Waals surface area contributed by atoms with Crippen molar-refractivity contribution in [2.24, 2.45) is 0 Å². The van der Waals surface area contributed by atoms with E-state index in [9.17, 15) is 8.78 Å². The van der Waals surface area contributed by atoms with Crippen molar-refractivity contribution < 1.29 is 8.78 Å². The van der Waals surface area contributed by atoms with Crippen molar-refractivity contribution in [2.45, 2.75) is 5.88 Å². The molecule has 0 aliphatic rings. The van der Waals surface area contributed by atoms with Crippen LogP contribution in [0.4, 0.5) is 8.78 Å². The minimum Gasteiger partial charge on any atom is -0.207 e. The van der Waals surface area contributed by atoms with Crippen molar-refractivity contribution in [2.75, 3.05) is 0 Å². The third-order valence-corrected chi connectivity index (χ3v) is 1.78. The fourth-order valence-electron chi connectivity index (χ4n) is 0.707. The summed E-state index contributed by atoms with van der Waals surface area (Å²) in [7, 11) is 0. The molecule has 0 amide bonds. The van der Waals surface area contributed by atoms with Gasteiger partial charge in [-0.2, -0.15) is 0 Å². The van der Waals surface area contributed by atoms with Crippen molar-refractivity contribution in [1.82, 2.24) is 0 Å². The summed E-state index contributed by atoms with van der Waals surface area (Å²) in [5, 5.41) is -0.236. The first-order valence-corrected chi connectivity index (χ1v) is 3.75. The summed E-state index contributed by atoms with van der Waals surface area (Å²) in [6.45, 7) is 0. The average molecular weight is 197 g/mol. The number of hydrogen-bond acceptors (Lipinski definition) is 0. The van der Waals surface area contributed by atoms with E-state index in [1.807, 2.05) is 0 Å². The second-order valence-corrected chi connectivity index (χ2v) is 2.67. The van der Waals surface area contributed by atoms with Crippen LogP contribution in [-0.4, -0.2) is 0 Å². The minimum absolute atomic E-state index is 0.0800. The van der Waals surface area contributed by atoms with Crippen LogP contribution in [0.15, 0.2) is 12.1 Å². The summed E-state index contributed by atoms with van der Waals surface area (Å²) in [5.74, 6) is -1.31. The van der Waals surface area contributed by atoms with Crippen LogP contribution in [0.3, 0.4) is 0 Å². The molecule has 1 aromatic carbocycles. The normalized spacial score (nSPS) is 10.2. The van der Waals surface area contributed by atoms with E-state index in [4.69, 9.17) is 23.2 Å². The molecule has 0 saturated carbocycles. The van der Waals surface area contributed by atoms with E-state index in [2.05, 4.69) is 0 Å². The highest BCUT2D eigenvalue weighted by Crippen LogP contribution is 2.21. The highest BCUT2D eigenvalue weighted by atomic mass is 35.5. The highest BCUT2D eigenvalue weighted by Gasteiger charge is 2.07. The van der Waals surface area contributed by atoms with Crippen LogP contribution < -0.4 is 0 Å². The molecule has 4 heteroatoms. The third-order valence-electron chi connectivity index (χ3n) is 1.21. The van der Waals surface area contributed by atoms with Crippen LogP contribution in [0, 0.1) is 11.6 Å². The molecule has 0 saturated heterocycles. The number of alkyl halides is 1. The van der Waals surface area contributed by atoms with Gasteiger partial charge >= 0.3 is 0 Å². The van der Waals surface area contributed by atoms with Crippen molar-refractivity contribution >= 4 is 23.2 Å². The van der Waals surface area contributed by atoms with E-state index in [0.29, 0.717) is 0 Å². The lowest BCUT2D eigenvalue weighted by Gasteiger charge is -1.99. The van der Waals surface area contributed by atoms with Gasteiger partial charge in [-0.15, -0.1) is 11.6 Å². The Balaban J connectivity index is 3.24. The third kappa shape index (κ3) is 1.82. The molecular formula is C7H4Cl2F2. The van der Waals surface area contributed by atoms with E-state index in [0.717, 1.165) is 12.1 Å². The van der Waals surface area contributed by atoms with Crippen molar-refractivity contribution in [3.8, 4) is 0 Å². The maximum absolute atomic E-state index is 12.8. The molecule has 0 aromatic heterocycles. The molecule has 1 rings (SSSR count). The average Bonchev–Trinajstić information content (AvgIpc) is 1.96. The Labute approximate surface area is 72.7 Å². The molecule has 60 valence electrons. The Morgan fingerprint density at radius 2 is 1.91 bits per heavy atom. The molecule has 0 aliphatic heterocycles. The van der Waals surface area contributed by atoms with Crippen LogP contribution in [0.5, 0.6) is 0 Å². The van der Waals surface area contributed by atoms with Gasteiger partial charge < -0.3 is 0 Å². The Bertz CT molecular complexity index is 273. The molecule has 0 spiro atoms. The summed E-state index contributed by atoms with van der Waals surface area (Å²) in [6, 6.07) is 1.93. The quantitative estimate of drug-likeness (QED) is 0.478. The Hall–Kier alpha value is -0.340. The number of rotatable bonds is 1. The largest absolute Gasteiger partial charge is 0.207 e. The lowest BCUT2D eigenvalue weighted by Crippen LogP contribution is -1.89. The summed E-state index contributed by atoms with van der Waals surface area (Å²) in [5.41, 5.74) is 0.0802. The second kappa shape index (κ2) is 3.37. The van der Waals surface area contributed by atoms with Crippen molar-refractivity contribution in [3.05, 3.63) is 34.4 Å². The van der Waals surface area contributed by atoms with Gasteiger partial charge in [0.1, 0.15) is 11.6 Å². The molecule has 0 bridgehead atoms. The van der Waals surface area contributed by atoms with Crippen LogP contribution in [0.2, 0.25) is 5.02 Å². The fraction of sp³-hybridized carbons (Fsp3) is 0.143. The molecular weight excluding hydrogens is 193 g/mol. The lowest BCUT2D eigenvalue weighted by atomic mass is 10.2. The van der Waals surface area contributed by atoms with Gasteiger partial charge in [0, 0.05) is 5.56 Å². The molecule has 0 nitrogen and oxygen atoms in total. The first-order chi connectivity index (χ1) is 5.15. The van der Waals surface area contributed by atoms with Crippen LogP contribution in [0.25, 0.3) is 0 Å². The molecule has 0 radical (unpaired) electrons. The molecule has 0 fully saturated rings. The fourth-order valence-corrected chi connectivity index (χ4v) is 1.13. The number of halogens is 4. The highest BCUT2D eigenvalue weighted by molar-refractivity contribution is 6.30. The zero-order valence-corrected chi connectivity index (χ0v) is 6.89. The first kappa shape index (κ1) is 8.75. The van der Waals surface area contributed by atoms with Crippen LogP contribution in [0.1, 0.15) is 5.56 Å². The molecule has 0 aliphatic carbocycles. The van der Waals surface area contributed by atoms with Gasteiger partial charge in [-0.05, 0) is 12.1 Å². The van der Waals surface area contributed by atoms with Gasteiger partial charge in [-0.25, -0.2) is 8.78 Å². The summed E-state index contributed by atoms with van der Waals surface area (Å²) in [6.07, 6.45) is 0. The number of hydrogen-bond donors (Lipinski definition) is 0. The van der Waals surface area contributed by atoms with E-state index >= 15 is 0 Å². The topological polar surface area (TPSA) is 0 Å². The zero-order chi connectivity index (χ0) is 8.43. The van der Waals surface area contributed by atoms with E-state index in [-0.39, 0.29) is 16.5 Å². The number of benzene rings is 1. The van der Waals surface area contributed by atoms with E-state index in [1.165, 1.54) is 0 Å². The Kier molecular flexibility index (Phi) is 2.68. The lowest BCUT2D eigenvalue weighted by molar-refractivity contribution is 0.591. The monoisotopic (exact) mass is 196 g/mol. The van der Waals surface area contributed by atoms with E-state index in [1.54, 1.807) is 0 Å². The second-order valence-electron chi connectivity index (χ2n) is 1.99. The zero-order valence-electron chi connectivity index (χ0n) is 5.37. The van der Waals surface area contributed by atoms with Gasteiger partial charge in [0.25, 0.3) is 0 Å². The molecule has 0 heterocycles. The van der Waals surface area contributed by atoms with E-state index < -0.39 is 11.6 Å². The predicted octanol–water partition coefficient (Wildman–Crippen LogP) is 3.36. The smallest absolute Gasteiger partial charge is 0.146 e. The molecule has 1 aromatic rings. The van der Waals surface area contributed by atoms with Crippen LogP contribution in [-0.2, 0) is 5.88 Å². The summed E-state index contributed by atoms with van der Waals surface area (Å²) in [4.78, 5) is 0. The molecule has 0 atom stereocenters. The predicted molar refractivity (Wildman–Crippen MR) is 40.9 cm³/mol. The standard InChI is InChI=1S/C7H4Cl2F2/c8-3-4-1-5(10)2-6(9)7(4)11/h1-2H,3H2.